The second kappa shape index (κ2) is 7.71. The first kappa shape index (κ1) is 18.6. The van der Waals surface area contributed by atoms with E-state index >= 15 is 0 Å². The first-order valence-corrected chi connectivity index (χ1v) is 10.4. The van der Waals surface area contributed by atoms with E-state index in [4.69, 9.17) is 0 Å². The van der Waals surface area contributed by atoms with Gasteiger partial charge in [0.1, 0.15) is 0 Å². The van der Waals surface area contributed by atoms with E-state index in [2.05, 4.69) is 98.4 Å². The third-order valence-electron chi connectivity index (χ3n) is 6.07. The molecule has 3 aromatic carbocycles. The van der Waals surface area contributed by atoms with Gasteiger partial charge >= 0.3 is 0 Å². The van der Waals surface area contributed by atoms with Crippen LogP contribution in [-0.4, -0.2) is 14.1 Å². The number of nitrogens with zero attached hydrogens (tertiary/aromatic N) is 2. The summed E-state index contributed by atoms with van der Waals surface area (Å²) in [6.07, 6.45) is 4.46. The van der Waals surface area contributed by atoms with Crippen molar-refractivity contribution in [2.24, 2.45) is 0 Å². The zero-order valence-corrected chi connectivity index (χ0v) is 17.5. The molecular formula is C26H30N2. The van der Waals surface area contributed by atoms with Crippen LogP contribution >= 0.6 is 0 Å². The van der Waals surface area contributed by atoms with Gasteiger partial charge in [0.25, 0.3) is 0 Å². The highest BCUT2D eigenvalue weighted by Crippen LogP contribution is 2.41. The SMILES string of the molecule is CCCc1ccccc1N(C)c1ccc2c(c1C)N(C)c1ccccc1CC2. The largest absolute Gasteiger partial charge is 0.344 e. The lowest BCUT2D eigenvalue weighted by Gasteiger charge is -2.29. The maximum atomic E-state index is 2.39. The molecule has 28 heavy (non-hydrogen) atoms. The van der Waals surface area contributed by atoms with E-state index in [1.807, 2.05) is 0 Å². The maximum absolute atomic E-state index is 2.39. The lowest BCUT2D eigenvalue weighted by atomic mass is 10.00. The van der Waals surface area contributed by atoms with Crippen LogP contribution < -0.4 is 9.80 Å². The molecule has 0 bridgehead atoms. The second-order valence-electron chi connectivity index (χ2n) is 7.84. The molecule has 1 aliphatic rings. The molecule has 0 N–H and O–H groups in total. The normalized spacial score (nSPS) is 12.9. The van der Waals surface area contributed by atoms with Gasteiger partial charge in [0.05, 0.1) is 0 Å². The number of fused-ring (bicyclic) bond motifs is 2. The third kappa shape index (κ3) is 3.17. The molecule has 4 rings (SSSR count). The van der Waals surface area contributed by atoms with Crippen molar-refractivity contribution < 1.29 is 0 Å². The summed E-state index contributed by atoms with van der Waals surface area (Å²) in [6.45, 7) is 4.52. The predicted molar refractivity (Wildman–Crippen MR) is 122 cm³/mol. The minimum atomic E-state index is 1.09. The van der Waals surface area contributed by atoms with Crippen LogP contribution in [0, 0.1) is 6.92 Å². The van der Waals surface area contributed by atoms with Crippen LogP contribution in [0.1, 0.15) is 35.6 Å². The van der Waals surface area contributed by atoms with Gasteiger partial charge in [-0.05, 0) is 66.6 Å². The Kier molecular flexibility index (Phi) is 5.13. The topological polar surface area (TPSA) is 6.48 Å². The first-order valence-electron chi connectivity index (χ1n) is 10.4. The summed E-state index contributed by atoms with van der Waals surface area (Å²) in [7, 11) is 4.42. The van der Waals surface area contributed by atoms with Gasteiger partial charge in [0.2, 0.25) is 0 Å². The summed E-state index contributed by atoms with van der Waals surface area (Å²) in [5.41, 5.74) is 10.9. The van der Waals surface area contributed by atoms with Crippen molar-refractivity contribution in [2.75, 3.05) is 23.9 Å². The quantitative estimate of drug-likeness (QED) is 0.511. The number of anilines is 4. The Morgan fingerprint density at radius 1 is 0.857 bits per heavy atom. The Morgan fingerprint density at radius 2 is 1.57 bits per heavy atom. The minimum Gasteiger partial charge on any atom is -0.344 e. The van der Waals surface area contributed by atoms with Crippen LogP contribution in [0.4, 0.5) is 22.7 Å². The molecule has 2 heteroatoms. The zero-order chi connectivity index (χ0) is 19.7. The Hall–Kier alpha value is -2.74. The molecule has 0 fully saturated rings. The molecule has 0 saturated carbocycles. The summed E-state index contributed by atoms with van der Waals surface area (Å²) >= 11 is 0. The minimum absolute atomic E-state index is 1.09. The van der Waals surface area contributed by atoms with Crippen LogP contribution in [0.5, 0.6) is 0 Å². The van der Waals surface area contributed by atoms with Gasteiger partial charge in [0.15, 0.2) is 0 Å². The van der Waals surface area contributed by atoms with Crippen LogP contribution in [0.2, 0.25) is 0 Å². The number of hydrogen-bond acceptors (Lipinski definition) is 2. The molecule has 0 atom stereocenters. The number of hydrogen-bond donors (Lipinski definition) is 0. The summed E-state index contributed by atoms with van der Waals surface area (Å²) in [5.74, 6) is 0. The summed E-state index contributed by atoms with van der Waals surface area (Å²) in [6, 6.07) is 22.2. The van der Waals surface area contributed by atoms with Crippen LogP contribution in [0.25, 0.3) is 0 Å². The van der Waals surface area contributed by atoms with E-state index in [1.165, 1.54) is 45.0 Å². The lowest BCUT2D eigenvalue weighted by molar-refractivity contribution is 0.916. The number of rotatable bonds is 4. The molecule has 2 nitrogen and oxygen atoms in total. The Bertz CT molecular complexity index is 989. The van der Waals surface area contributed by atoms with Crippen molar-refractivity contribution >= 4 is 22.7 Å². The highest BCUT2D eigenvalue weighted by atomic mass is 15.1. The molecule has 144 valence electrons. The van der Waals surface area contributed by atoms with Gasteiger partial charge < -0.3 is 9.80 Å². The van der Waals surface area contributed by atoms with Crippen LogP contribution in [0.15, 0.2) is 60.7 Å². The first-order chi connectivity index (χ1) is 13.6. The number of aryl methyl sites for hydroxylation is 3. The highest BCUT2D eigenvalue weighted by Gasteiger charge is 2.22. The predicted octanol–water partition coefficient (Wildman–Crippen LogP) is 6.58. The summed E-state index contributed by atoms with van der Waals surface area (Å²) in [4.78, 5) is 4.76. The van der Waals surface area contributed by atoms with E-state index < -0.39 is 0 Å². The van der Waals surface area contributed by atoms with Crippen molar-refractivity contribution in [1.29, 1.82) is 0 Å². The van der Waals surface area contributed by atoms with Gasteiger partial charge in [-0.25, -0.2) is 0 Å². The number of para-hydroxylation sites is 2. The van der Waals surface area contributed by atoms with Gasteiger partial charge in [-0.1, -0.05) is 55.8 Å². The molecule has 0 aromatic heterocycles. The van der Waals surface area contributed by atoms with Crippen LogP contribution in [-0.2, 0) is 19.3 Å². The fourth-order valence-electron chi connectivity index (χ4n) is 4.67. The molecule has 0 unspecified atom stereocenters. The molecule has 0 saturated heterocycles. The van der Waals surface area contributed by atoms with Crippen molar-refractivity contribution in [3.8, 4) is 0 Å². The molecule has 0 radical (unpaired) electrons. The number of benzene rings is 3. The molecule has 3 aromatic rings. The van der Waals surface area contributed by atoms with E-state index in [-0.39, 0.29) is 0 Å². The standard InChI is InChI=1S/C26H30N2/c1-5-10-20-11-6-8-13-24(20)27(3)23-18-17-22-16-15-21-12-7-9-14-25(21)28(4)26(22)19(23)2/h6-9,11-14,17-18H,5,10,15-16H2,1-4H3. The van der Waals surface area contributed by atoms with E-state index in [1.54, 1.807) is 0 Å². The van der Waals surface area contributed by atoms with Crippen molar-refractivity contribution in [2.45, 2.75) is 39.5 Å². The Morgan fingerprint density at radius 3 is 2.39 bits per heavy atom. The van der Waals surface area contributed by atoms with Gasteiger partial charge in [-0.3, -0.25) is 0 Å². The average molecular weight is 371 g/mol. The Balaban J connectivity index is 1.80. The fraction of sp³-hybridized carbons (Fsp3) is 0.308. The van der Waals surface area contributed by atoms with Gasteiger partial charge in [-0.2, -0.15) is 0 Å². The summed E-state index contributed by atoms with van der Waals surface area (Å²) in [5, 5.41) is 0. The van der Waals surface area contributed by atoms with Gasteiger partial charge in [0, 0.05) is 36.8 Å². The zero-order valence-electron chi connectivity index (χ0n) is 17.5. The average Bonchev–Trinajstić information content (AvgIpc) is 2.86. The molecule has 0 spiro atoms. The molecule has 1 aliphatic heterocycles. The molecular weight excluding hydrogens is 340 g/mol. The fourth-order valence-corrected chi connectivity index (χ4v) is 4.67. The maximum Gasteiger partial charge on any atom is 0.0491 e. The third-order valence-corrected chi connectivity index (χ3v) is 6.07. The van der Waals surface area contributed by atoms with Crippen LogP contribution in [0.3, 0.4) is 0 Å². The smallest absolute Gasteiger partial charge is 0.0491 e. The molecule has 0 amide bonds. The Labute approximate surface area is 169 Å². The van der Waals surface area contributed by atoms with Crippen molar-refractivity contribution in [3.05, 3.63) is 82.9 Å². The molecule has 1 heterocycles. The van der Waals surface area contributed by atoms with Crippen molar-refractivity contribution in [1.82, 2.24) is 0 Å². The van der Waals surface area contributed by atoms with Gasteiger partial charge in [-0.15, -0.1) is 0 Å². The highest BCUT2D eigenvalue weighted by molar-refractivity contribution is 5.80. The van der Waals surface area contributed by atoms with E-state index in [9.17, 15) is 0 Å². The van der Waals surface area contributed by atoms with E-state index in [0.29, 0.717) is 0 Å². The lowest BCUT2D eigenvalue weighted by Crippen LogP contribution is -2.17. The summed E-state index contributed by atoms with van der Waals surface area (Å²) < 4.78 is 0. The van der Waals surface area contributed by atoms with Crippen molar-refractivity contribution in [3.63, 3.8) is 0 Å². The van der Waals surface area contributed by atoms with E-state index in [0.717, 1.165) is 25.7 Å². The second-order valence-corrected chi connectivity index (χ2v) is 7.84. The molecule has 0 aliphatic carbocycles. The monoisotopic (exact) mass is 370 g/mol.